The van der Waals surface area contributed by atoms with Crippen LogP contribution in [0.3, 0.4) is 0 Å². The largest absolute Gasteiger partial charge is 0.497 e. The van der Waals surface area contributed by atoms with Crippen LogP contribution in [-0.4, -0.2) is 30.9 Å². The summed E-state index contributed by atoms with van der Waals surface area (Å²) >= 11 is 6.27. The number of nitrogens with two attached hydrogens (primary N) is 1. The van der Waals surface area contributed by atoms with Crippen LogP contribution in [0.25, 0.3) is 0 Å². The lowest BCUT2D eigenvalue weighted by Gasteiger charge is -2.29. The van der Waals surface area contributed by atoms with E-state index in [0.717, 1.165) is 0 Å². The van der Waals surface area contributed by atoms with Crippen molar-refractivity contribution >= 4 is 40.7 Å². The molecule has 2 aliphatic heterocycles. The Morgan fingerprint density at radius 2 is 2.00 bits per heavy atom. The summed E-state index contributed by atoms with van der Waals surface area (Å²) in [4.78, 5) is 38.0. The van der Waals surface area contributed by atoms with Crippen LogP contribution in [0.5, 0.6) is 5.75 Å². The number of methoxy groups -OCH3 is 1. The van der Waals surface area contributed by atoms with Gasteiger partial charge in [0.25, 0.3) is 0 Å². The monoisotopic (exact) mass is 428 g/mol. The molecule has 3 atom stereocenters. The molecule has 0 aromatic heterocycles. The number of primary amides is 1. The van der Waals surface area contributed by atoms with E-state index in [1.54, 1.807) is 49.6 Å². The highest BCUT2D eigenvalue weighted by atomic mass is 35.5. The zero-order valence-electron chi connectivity index (χ0n) is 16.2. The van der Waals surface area contributed by atoms with E-state index < -0.39 is 23.4 Å². The molecule has 5 N–H and O–H groups in total. The van der Waals surface area contributed by atoms with Crippen LogP contribution in [0.15, 0.2) is 42.5 Å². The van der Waals surface area contributed by atoms with Gasteiger partial charge in [-0.2, -0.15) is 0 Å². The molecular formula is C21H21ClN4O4. The van der Waals surface area contributed by atoms with Crippen molar-refractivity contribution in [3.8, 4) is 5.75 Å². The molecule has 2 aromatic rings. The first kappa shape index (κ1) is 20.2. The van der Waals surface area contributed by atoms with Gasteiger partial charge >= 0.3 is 0 Å². The molecule has 9 heteroatoms. The number of hydrogen-bond acceptors (Lipinski definition) is 5. The Bertz CT molecular complexity index is 1030. The van der Waals surface area contributed by atoms with E-state index in [1.807, 2.05) is 0 Å². The van der Waals surface area contributed by atoms with Gasteiger partial charge in [-0.15, -0.1) is 0 Å². The van der Waals surface area contributed by atoms with Gasteiger partial charge in [0.05, 0.1) is 23.7 Å². The Balaban J connectivity index is 1.70. The molecule has 2 aliphatic rings. The standard InChI is InChI=1S/C21H21ClN4O4/c1-30-13-7-5-11(6-8-13)24-19(28)15-9-12(10-17(23)27)26-21(15)14-3-2-4-16(22)18(14)25-20(21)29/h2-8,12,15,26H,9-10H2,1H3,(H2,23,27)(H,24,28)(H,25,29)/t12-,15-,21+/m0/s1. The highest BCUT2D eigenvalue weighted by Crippen LogP contribution is 2.49. The van der Waals surface area contributed by atoms with Crippen molar-refractivity contribution in [2.24, 2.45) is 11.7 Å². The zero-order valence-corrected chi connectivity index (χ0v) is 17.0. The number of carbonyl (C=O) groups excluding carboxylic acids is 3. The maximum absolute atomic E-state index is 13.3. The molecular weight excluding hydrogens is 408 g/mol. The van der Waals surface area contributed by atoms with Gasteiger partial charge in [0.2, 0.25) is 17.7 Å². The van der Waals surface area contributed by atoms with Gasteiger partial charge in [0.15, 0.2) is 0 Å². The molecule has 3 amide bonds. The number of anilines is 2. The summed E-state index contributed by atoms with van der Waals surface area (Å²) in [6.07, 6.45) is 0.279. The fourth-order valence-electron chi connectivity index (χ4n) is 4.33. The molecule has 0 aliphatic carbocycles. The number of amides is 3. The number of carbonyl (C=O) groups is 3. The zero-order chi connectivity index (χ0) is 21.5. The lowest BCUT2D eigenvalue weighted by atomic mass is 9.79. The van der Waals surface area contributed by atoms with Crippen LogP contribution in [0.2, 0.25) is 5.02 Å². The van der Waals surface area contributed by atoms with Crippen LogP contribution in [-0.2, 0) is 19.9 Å². The highest BCUT2D eigenvalue weighted by Gasteiger charge is 2.60. The summed E-state index contributed by atoms with van der Waals surface area (Å²) in [5.74, 6) is -1.35. The lowest BCUT2D eigenvalue weighted by molar-refractivity contribution is -0.130. The summed E-state index contributed by atoms with van der Waals surface area (Å²) in [5.41, 5.74) is 5.66. The minimum Gasteiger partial charge on any atom is -0.497 e. The Morgan fingerprint density at radius 3 is 2.67 bits per heavy atom. The normalized spacial score (nSPS) is 24.4. The first-order chi connectivity index (χ1) is 14.3. The van der Waals surface area contributed by atoms with Gasteiger partial charge in [-0.05, 0) is 36.8 Å². The fraction of sp³-hybridized carbons (Fsp3) is 0.286. The second-order valence-corrected chi connectivity index (χ2v) is 7.85. The number of nitrogens with one attached hydrogen (secondary N) is 3. The molecule has 1 saturated heterocycles. The molecule has 156 valence electrons. The second-order valence-electron chi connectivity index (χ2n) is 7.44. The molecule has 0 bridgehead atoms. The summed E-state index contributed by atoms with van der Waals surface area (Å²) in [6.45, 7) is 0. The van der Waals surface area contributed by atoms with Crippen molar-refractivity contribution in [2.45, 2.75) is 24.4 Å². The first-order valence-electron chi connectivity index (χ1n) is 9.46. The number of para-hydroxylation sites is 1. The van der Waals surface area contributed by atoms with Crippen molar-refractivity contribution in [3.05, 3.63) is 53.1 Å². The lowest BCUT2D eigenvalue weighted by Crippen LogP contribution is -2.52. The van der Waals surface area contributed by atoms with Crippen LogP contribution >= 0.6 is 11.6 Å². The summed E-state index contributed by atoms with van der Waals surface area (Å²) in [5, 5.41) is 9.25. The van der Waals surface area contributed by atoms with Crippen molar-refractivity contribution in [2.75, 3.05) is 17.7 Å². The molecule has 1 fully saturated rings. The van der Waals surface area contributed by atoms with Crippen LogP contribution < -0.4 is 26.4 Å². The Hall–Kier alpha value is -3.10. The molecule has 0 radical (unpaired) electrons. The van der Waals surface area contributed by atoms with E-state index in [9.17, 15) is 14.4 Å². The molecule has 2 aromatic carbocycles. The van der Waals surface area contributed by atoms with Gasteiger partial charge in [0, 0.05) is 23.7 Å². The van der Waals surface area contributed by atoms with Crippen LogP contribution in [0, 0.1) is 5.92 Å². The molecule has 8 nitrogen and oxygen atoms in total. The smallest absolute Gasteiger partial charge is 0.250 e. The quantitative estimate of drug-likeness (QED) is 0.580. The van der Waals surface area contributed by atoms with Crippen molar-refractivity contribution in [1.29, 1.82) is 0 Å². The Kier molecular flexibility index (Phi) is 5.13. The maximum Gasteiger partial charge on any atom is 0.250 e. The fourth-order valence-corrected chi connectivity index (χ4v) is 4.55. The van der Waals surface area contributed by atoms with E-state index in [4.69, 9.17) is 22.1 Å². The number of hydrogen-bond donors (Lipinski definition) is 4. The summed E-state index contributed by atoms with van der Waals surface area (Å²) in [6, 6.07) is 11.6. The van der Waals surface area contributed by atoms with Gasteiger partial charge in [-0.25, -0.2) is 0 Å². The van der Waals surface area contributed by atoms with E-state index >= 15 is 0 Å². The Morgan fingerprint density at radius 1 is 1.27 bits per heavy atom. The third-order valence-electron chi connectivity index (χ3n) is 5.63. The number of ether oxygens (including phenoxy) is 1. The number of halogens is 1. The first-order valence-corrected chi connectivity index (χ1v) is 9.84. The van der Waals surface area contributed by atoms with Crippen LogP contribution in [0.1, 0.15) is 18.4 Å². The molecule has 4 rings (SSSR count). The molecule has 30 heavy (non-hydrogen) atoms. The van der Waals surface area contributed by atoms with E-state index in [1.165, 1.54) is 0 Å². The van der Waals surface area contributed by atoms with E-state index in [0.29, 0.717) is 27.7 Å². The SMILES string of the molecule is COc1ccc(NC(=O)[C@@H]2C[C@@H](CC(N)=O)N[C@@]23C(=O)Nc2c(Cl)cccc23)cc1. The predicted molar refractivity (Wildman–Crippen MR) is 112 cm³/mol. The maximum atomic E-state index is 13.3. The van der Waals surface area contributed by atoms with E-state index in [-0.39, 0.29) is 24.7 Å². The second kappa shape index (κ2) is 7.62. The van der Waals surface area contributed by atoms with Crippen LogP contribution in [0.4, 0.5) is 11.4 Å². The third-order valence-corrected chi connectivity index (χ3v) is 5.95. The molecule has 0 saturated carbocycles. The summed E-state index contributed by atoms with van der Waals surface area (Å²) in [7, 11) is 1.56. The van der Waals surface area contributed by atoms with Crippen molar-refractivity contribution < 1.29 is 19.1 Å². The summed E-state index contributed by atoms with van der Waals surface area (Å²) < 4.78 is 5.13. The van der Waals surface area contributed by atoms with Gasteiger partial charge < -0.3 is 21.1 Å². The number of fused-ring (bicyclic) bond motifs is 2. The molecule has 0 unspecified atom stereocenters. The number of benzene rings is 2. The average Bonchev–Trinajstić information content (AvgIpc) is 3.22. The number of rotatable bonds is 5. The van der Waals surface area contributed by atoms with Gasteiger partial charge in [0.1, 0.15) is 11.3 Å². The molecule has 1 spiro atoms. The topological polar surface area (TPSA) is 123 Å². The predicted octanol–water partition coefficient (Wildman–Crippen LogP) is 1.99. The Labute approximate surface area is 178 Å². The molecule has 2 heterocycles. The van der Waals surface area contributed by atoms with Gasteiger partial charge in [-0.3, -0.25) is 19.7 Å². The van der Waals surface area contributed by atoms with Gasteiger partial charge in [-0.1, -0.05) is 23.7 Å². The third kappa shape index (κ3) is 3.28. The minimum absolute atomic E-state index is 0.0112. The highest BCUT2D eigenvalue weighted by molar-refractivity contribution is 6.35. The minimum atomic E-state index is -1.34. The van der Waals surface area contributed by atoms with E-state index in [2.05, 4.69) is 16.0 Å². The van der Waals surface area contributed by atoms with Crippen molar-refractivity contribution in [3.63, 3.8) is 0 Å². The average molecular weight is 429 g/mol. The van der Waals surface area contributed by atoms with Crippen molar-refractivity contribution in [1.82, 2.24) is 5.32 Å².